The molecule has 0 aromatic heterocycles. The van der Waals surface area contributed by atoms with Gasteiger partial charge in [-0.3, -0.25) is 0 Å². The van der Waals surface area contributed by atoms with Crippen LogP contribution in [0, 0.1) is 0 Å². The lowest BCUT2D eigenvalue weighted by Gasteiger charge is -2.17. The normalized spacial score (nSPS) is 18.8. The highest BCUT2D eigenvalue weighted by Crippen LogP contribution is 2.32. The van der Waals surface area contributed by atoms with Crippen molar-refractivity contribution >= 4 is 17.6 Å². The van der Waals surface area contributed by atoms with Crippen molar-refractivity contribution in [3.8, 4) is 0 Å². The Kier molecular flexibility index (Phi) is 4.46. The van der Waals surface area contributed by atoms with Crippen LogP contribution in [0.2, 0.25) is 0 Å². The van der Waals surface area contributed by atoms with Crippen LogP contribution in [0.5, 0.6) is 0 Å². The molecule has 1 atom stereocenters. The van der Waals surface area contributed by atoms with Crippen molar-refractivity contribution < 1.29 is 4.55 Å². The Labute approximate surface area is 141 Å². The summed E-state index contributed by atoms with van der Waals surface area (Å²) in [5.41, 5.74) is 4.87. The number of nitrogens with zero attached hydrogens (tertiary/aromatic N) is 2. The predicted molar refractivity (Wildman–Crippen MR) is 97.5 cm³/mol. The third kappa shape index (κ3) is 3.77. The monoisotopic (exact) mass is 326 g/mol. The molecule has 1 aromatic carbocycles. The lowest BCUT2D eigenvalue weighted by molar-refractivity contribution is 0.419. The van der Waals surface area contributed by atoms with Gasteiger partial charge in [0.2, 0.25) is 0 Å². The summed E-state index contributed by atoms with van der Waals surface area (Å²) in [4.78, 5) is 2.30. The van der Waals surface area contributed by atoms with E-state index in [9.17, 15) is 4.55 Å². The Morgan fingerprint density at radius 3 is 2.65 bits per heavy atom. The second kappa shape index (κ2) is 6.38. The molecular weight excluding hydrogens is 304 g/mol. The molecule has 2 aliphatic rings. The minimum absolute atomic E-state index is 0.324. The van der Waals surface area contributed by atoms with Crippen molar-refractivity contribution in [1.29, 1.82) is 0 Å². The third-order valence-electron chi connectivity index (χ3n) is 3.85. The lowest BCUT2D eigenvalue weighted by Crippen LogP contribution is -2.25. The molecule has 1 aliphatic carbocycles. The maximum atomic E-state index is 12.1. The minimum atomic E-state index is -1.22. The van der Waals surface area contributed by atoms with Gasteiger partial charge in [-0.05, 0) is 31.9 Å². The number of rotatable bonds is 4. The molecule has 1 unspecified atom stereocenters. The van der Waals surface area contributed by atoms with E-state index in [1.807, 2.05) is 26.8 Å². The van der Waals surface area contributed by atoms with Gasteiger partial charge in [0.15, 0.2) is 0 Å². The fourth-order valence-corrected chi connectivity index (χ4v) is 3.12. The molecular formula is C19H22N2OS. The highest BCUT2D eigenvalue weighted by atomic mass is 32.2. The first-order valence-corrected chi connectivity index (χ1v) is 8.91. The van der Waals surface area contributed by atoms with Crippen molar-refractivity contribution in [1.82, 2.24) is 4.90 Å². The van der Waals surface area contributed by atoms with E-state index in [1.54, 1.807) is 6.21 Å². The summed E-state index contributed by atoms with van der Waals surface area (Å²) in [6.45, 7) is 7.62. The molecule has 1 aromatic rings. The summed E-state index contributed by atoms with van der Waals surface area (Å²) < 4.78 is 16.0. The first kappa shape index (κ1) is 16.1. The molecule has 120 valence electrons. The van der Waals surface area contributed by atoms with Crippen molar-refractivity contribution in [2.75, 3.05) is 6.54 Å². The van der Waals surface area contributed by atoms with E-state index in [0.717, 1.165) is 18.7 Å². The van der Waals surface area contributed by atoms with Crippen LogP contribution in [-0.2, 0) is 17.9 Å². The van der Waals surface area contributed by atoms with Crippen LogP contribution in [0.1, 0.15) is 26.3 Å². The van der Waals surface area contributed by atoms with Gasteiger partial charge < -0.3 is 9.45 Å². The predicted octanol–water partition coefficient (Wildman–Crippen LogP) is 3.79. The van der Waals surface area contributed by atoms with E-state index < -0.39 is 11.4 Å². The Bertz CT molecular complexity index is 696. The minimum Gasteiger partial charge on any atom is -0.591 e. The number of hydrogen-bond donors (Lipinski definition) is 0. The lowest BCUT2D eigenvalue weighted by atomic mass is 10.1. The summed E-state index contributed by atoms with van der Waals surface area (Å²) in [5.74, 6) is 0. The maximum absolute atomic E-state index is 12.1. The van der Waals surface area contributed by atoms with E-state index in [-0.39, 0.29) is 4.75 Å². The summed E-state index contributed by atoms with van der Waals surface area (Å²) in [6.07, 6.45) is 8.13. The number of hydrogen-bond acceptors (Lipinski definition) is 3. The zero-order valence-electron chi connectivity index (χ0n) is 13.8. The number of allylic oxidation sites excluding steroid dienone is 3. The van der Waals surface area contributed by atoms with Crippen LogP contribution in [-0.4, -0.2) is 27.0 Å². The SMILES string of the molecule is CC(C)(C)[S+]([O-])N=CC1=CC=C2CN(Cc3ccccc3)C=C12. The first-order valence-electron chi connectivity index (χ1n) is 7.81. The molecule has 0 N–H and O–H groups in total. The molecule has 0 amide bonds. The van der Waals surface area contributed by atoms with Gasteiger partial charge in [-0.25, -0.2) is 0 Å². The Morgan fingerprint density at radius 2 is 1.96 bits per heavy atom. The van der Waals surface area contributed by atoms with Gasteiger partial charge in [0.25, 0.3) is 0 Å². The third-order valence-corrected chi connectivity index (χ3v) is 5.19. The zero-order chi connectivity index (χ0) is 16.4. The van der Waals surface area contributed by atoms with E-state index in [1.165, 1.54) is 16.7 Å². The summed E-state index contributed by atoms with van der Waals surface area (Å²) in [5, 5.41) is 0. The van der Waals surface area contributed by atoms with Crippen molar-refractivity contribution in [3.05, 3.63) is 71.0 Å². The number of fused-ring (bicyclic) bond motifs is 1. The van der Waals surface area contributed by atoms with Gasteiger partial charge in [-0.15, -0.1) is 0 Å². The van der Waals surface area contributed by atoms with Gasteiger partial charge in [-0.1, -0.05) is 46.9 Å². The molecule has 0 saturated heterocycles. The quantitative estimate of drug-likeness (QED) is 0.624. The van der Waals surface area contributed by atoms with Crippen molar-refractivity contribution in [2.45, 2.75) is 32.1 Å². The van der Waals surface area contributed by atoms with Crippen LogP contribution >= 0.6 is 0 Å². The summed E-state index contributed by atoms with van der Waals surface area (Å²) in [6, 6.07) is 10.5. The fraction of sp³-hybridized carbons (Fsp3) is 0.316. The first-order chi connectivity index (χ1) is 10.9. The highest BCUT2D eigenvalue weighted by Gasteiger charge is 2.27. The van der Waals surface area contributed by atoms with E-state index in [0.29, 0.717) is 0 Å². The average molecular weight is 326 g/mol. The molecule has 0 saturated carbocycles. The highest BCUT2D eigenvalue weighted by molar-refractivity contribution is 7.91. The van der Waals surface area contributed by atoms with Gasteiger partial charge in [0.1, 0.15) is 16.1 Å². The molecule has 1 aliphatic heterocycles. The topological polar surface area (TPSA) is 38.7 Å². The van der Waals surface area contributed by atoms with Crippen molar-refractivity contribution in [2.24, 2.45) is 4.40 Å². The Balaban J connectivity index is 1.68. The largest absolute Gasteiger partial charge is 0.591 e. The molecule has 3 nitrogen and oxygen atoms in total. The second-order valence-corrected chi connectivity index (χ2v) is 8.78. The number of benzene rings is 1. The van der Waals surface area contributed by atoms with Crippen LogP contribution in [0.3, 0.4) is 0 Å². The fourth-order valence-electron chi connectivity index (χ4n) is 2.59. The van der Waals surface area contributed by atoms with E-state index >= 15 is 0 Å². The molecule has 0 fully saturated rings. The zero-order valence-corrected chi connectivity index (χ0v) is 14.6. The van der Waals surface area contributed by atoms with Crippen molar-refractivity contribution in [3.63, 3.8) is 0 Å². The van der Waals surface area contributed by atoms with Crippen LogP contribution < -0.4 is 0 Å². The Morgan fingerprint density at radius 1 is 1.22 bits per heavy atom. The standard InChI is InChI=1S/C19H22N2OS/c1-19(2,3)23(22)20-11-16-9-10-17-13-21(14-18(16)17)12-15-7-5-4-6-8-15/h4-11,14H,12-13H2,1-3H3. The molecule has 4 heteroatoms. The smallest absolute Gasteiger partial charge is 0.144 e. The van der Waals surface area contributed by atoms with Gasteiger partial charge in [0.05, 0.1) is 6.21 Å². The summed E-state index contributed by atoms with van der Waals surface area (Å²) >= 11 is -1.22. The van der Waals surface area contributed by atoms with Gasteiger partial charge in [0, 0.05) is 30.4 Å². The van der Waals surface area contributed by atoms with Gasteiger partial charge >= 0.3 is 0 Å². The van der Waals surface area contributed by atoms with Crippen LogP contribution in [0.4, 0.5) is 0 Å². The molecule has 23 heavy (non-hydrogen) atoms. The molecule has 1 heterocycles. The molecule has 0 spiro atoms. The van der Waals surface area contributed by atoms with E-state index in [4.69, 9.17) is 0 Å². The Hall–Kier alpha value is -1.78. The molecule has 0 bridgehead atoms. The second-order valence-electron chi connectivity index (χ2n) is 6.84. The van der Waals surface area contributed by atoms with Crippen LogP contribution in [0.15, 0.2) is 69.8 Å². The maximum Gasteiger partial charge on any atom is 0.144 e. The molecule has 3 rings (SSSR count). The van der Waals surface area contributed by atoms with Gasteiger partial charge in [-0.2, -0.15) is 0 Å². The van der Waals surface area contributed by atoms with E-state index in [2.05, 4.69) is 51.9 Å². The summed E-state index contributed by atoms with van der Waals surface area (Å²) in [7, 11) is 0. The molecule has 0 radical (unpaired) electrons. The average Bonchev–Trinajstić information content (AvgIpc) is 3.05. The van der Waals surface area contributed by atoms with Crippen LogP contribution in [0.25, 0.3) is 0 Å².